The van der Waals surface area contributed by atoms with Crippen LogP contribution >= 0.6 is 0 Å². The fourth-order valence-electron chi connectivity index (χ4n) is 1.32. The molecule has 0 unspecified atom stereocenters. The van der Waals surface area contributed by atoms with E-state index in [0.29, 0.717) is 22.9 Å². The van der Waals surface area contributed by atoms with Crippen molar-refractivity contribution in [1.82, 2.24) is 14.4 Å². The number of methoxy groups -OCH3 is 1. The van der Waals surface area contributed by atoms with Crippen LogP contribution in [0.1, 0.15) is 16.2 Å². The van der Waals surface area contributed by atoms with Crippen LogP contribution in [0.25, 0.3) is 5.65 Å². The normalized spacial score (nSPS) is 10.4. The van der Waals surface area contributed by atoms with Gasteiger partial charge < -0.3 is 4.74 Å². The molecule has 0 N–H and O–H groups in total. The molecule has 2 aromatic heterocycles. The van der Waals surface area contributed by atoms with Crippen molar-refractivity contribution in [3.05, 3.63) is 23.8 Å². The Bertz CT molecular complexity index is 490. The van der Waals surface area contributed by atoms with Gasteiger partial charge in [-0.2, -0.15) is 0 Å². The van der Waals surface area contributed by atoms with E-state index in [-0.39, 0.29) is 0 Å². The van der Waals surface area contributed by atoms with E-state index in [9.17, 15) is 4.79 Å². The van der Waals surface area contributed by atoms with Crippen molar-refractivity contribution in [2.45, 2.75) is 6.92 Å². The van der Waals surface area contributed by atoms with Crippen LogP contribution < -0.4 is 4.74 Å². The van der Waals surface area contributed by atoms with E-state index >= 15 is 0 Å². The topological polar surface area (TPSA) is 56.5 Å². The van der Waals surface area contributed by atoms with E-state index in [1.54, 1.807) is 23.7 Å². The summed E-state index contributed by atoms with van der Waals surface area (Å²) < 4.78 is 6.62. The van der Waals surface area contributed by atoms with Gasteiger partial charge in [0.25, 0.3) is 0 Å². The van der Waals surface area contributed by atoms with Crippen molar-refractivity contribution in [2.75, 3.05) is 7.11 Å². The second-order valence-electron chi connectivity index (χ2n) is 2.86. The molecule has 0 bridgehead atoms. The third kappa shape index (κ3) is 1.14. The predicted molar refractivity (Wildman–Crippen MR) is 49.7 cm³/mol. The Hall–Kier alpha value is -1.91. The number of aryl methyl sites for hydroxylation is 1. The number of hydrogen-bond donors (Lipinski definition) is 0. The fraction of sp³-hybridized carbons (Fsp3) is 0.222. The highest BCUT2D eigenvalue weighted by molar-refractivity contribution is 5.76. The molecule has 0 aliphatic rings. The van der Waals surface area contributed by atoms with Crippen molar-refractivity contribution in [3.8, 4) is 5.88 Å². The average molecular weight is 191 g/mol. The smallest absolute Gasteiger partial charge is 0.230 e. The third-order valence-electron chi connectivity index (χ3n) is 2.03. The molecule has 0 aliphatic carbocycles. The van der Waals surface area contributed by atoms with Gasteiger partial charge in [0, 0.05) is 0 Å². The monoisotopic (exact) mass is 191 g/mol. The van der Waals surface area contributed by atoms with Crippen LogP contribution in [0.5, 0.6) is 5.88 Å². The summed E-state index contributed by atoms with van der Waals surface area (Å²) in [4.78, 5) is 18.9. The molecule has 0 fully saturated rings. The van der Waals surface area contributed by atoms with Crippen LogP contribution in [0.2, 0.25) is 0 Å². The number of carbonyl (C=O) groups is 1. The molecule has 0 atom stereocenters. The first kappa shape index (κ1) is 8.68. The van der Waals surface area contributed by atoms with Gasteiger partial charge in [0.1, 0.15) is 5.69 Å². The summed E-state index contributed by atoms with van der Waals surface area (Å²) in [6.07, 6.45) is 3.98. The lowest BCUT2D eigenvalue weighted by atomic mass is 10.4. The first-order valence-corrected chi connectivity index (χ1v) is 4.10. The number of fused-ring (bicyclic) bond motifs is 1. The van der Waals surface area contributed by atoms with Crippen LogP contribution in [0.15, 0.2) is 12.4 Å². The van der Waals surface area contributed by atoms with Crippen molar-refractivity contribution in [3.63, 3.8) is 0 Å². The summed E-state index contributed by atoms with van der Waals surface area (Å²) >= 11 is 0. The zero-order chi connectivity index (χ0) is 10.1. The Balaban J connectivity index is 2.77. The molecule has 0 aliphatic heterocycles. The Morgan fingerprint density at radius 1 is 1.57 bits per heavy atom. The number of carbonyl (C=O) groups excluding carboxylic acids is 1. The molecule has 2 rings (SSSR count). The minimum Gasteiger partial charge on any atom is -0.480 e. The molecule has 0 saturated carbocycles. The molecule has 0 amide bonds. The first-order valence-electron chi connectivity index (χ1n) is 4.10. The van der Waals surface area contributed by atoms with Gasteiger partial charge in [-0.05, 0) is 6.92 Å². The van der Waals surface area contributed by atoms with Gasteiger partial charge in [-0.1, -0.05) is 0 Å². The SMILES string of the molecule is COc1cn2c(C=O)c(C)nc2cn1. The Labute approximate surface area is 80.4 Å². The van der Waals surface area contributed by atoms with Crippen LogP contribution in [-0.4, -0.2) is 27.8 Å². The molecule has 2 aromatic rings. The zero-order valence-corrected chi connectivity index (χ0v) is 7.89. The van der Waals surface area contributed by atoms with Crippen LogP contribution in [0, 0.1) is 6.92 Å². The molecular weight excluding hydrogens is 182 g/mol. The van der Waals surface area contributed by atoms with Crippen molar-refractivity contribution >= 4 is 11.9 Å². The van der Waals surface area contributed by atoms with Gasteiger partial charge in [-0.25, -0.2) is 9.97 Å². The van der Waals surface area contributed by atoms with Gasteiger partial charge in [-0.15, -0.1) is 0 Å². The third-order valence-corrected chi connectivity index (χ3v) is 2.03. The number of nitrogens with zero attached hydrogens (tertiary/aromatic N) is 3. The zero-order valence-electron chi connectivity index (χ0n) is 7.89. The molecule has 0 radical (unpaired) electrons. The fourth-order valence-corrected chi connectivity index (χ4v) is 1.32. The van der Waals surface area contributed by atoms with Gasteiger partial charge >= 0.3 is 0 Å². The summed E-state index contributed by atoms with van der Waals surface area (Å²) in [5, 5.41) is 0. The lowest BCUT2D eigenvalue weighted by Gasteiger charge is -1.99. The summed E-state index contributed by atoms with van der Waals surface area (Å²) in [6, 6.07) is 0. The number of ether oxygens (including phenoxy) is 1. The van der Waals surface area contributed by atoms with Crippen LogP contribution in [-0.2, 0) is 0 Å². The second-order valence-corrected chi connectivity index (χ2v) is 2.86. The number of rotatable bonds is 2. The molecule has 5 nitrogen and oxygen atoms in total. The van der Waals surface area contributed by atoms with E-state index < -0.39 is 0 Å². The highest BCUT2D eigenvalue weighted by Gasteiger charge is 2.08. The average Bonchev–Trinajstić information content (AvgIpc) is 2.52. The molecule has 14 heavy (non-hydrogen) atoms. The van der Waals surface area contributed by atoms with Gasteiger partial charge in [0.05, 0.1) is 25.2 Å². The van der Waals surface area contributed by atoms with Crippen LogP contribution in [0.4, 0.5) is 0 Å². The lowest BCUT2D eigenvalue weighted by Crippen LogP contribution is -1.95. The van der Waals surface area contributed by atoms with Crippen molar-refractivity contribution in [1.29, 1.82) is 0 Å². The van der Waals surface area contributed by atoms with Gasteiger partial charge in [0.15, 0.2) is 11.9 Å². The molecular formula is C9H9N3O2. The van der Waals surface area contributed by atoms with E-state index in [1.165, 1.54) is 7.11 Å². The summed E-state index contributed by atoms with van der Waals surface area (Å²) in [5.41, 5.74) is 1.86. The maximum Gasteiger partial charge on any atom is 0.230 e. The first-order chi connectivity index (χ1) is 6.76. The number of aldehydes is 1. The molecule has 0 spiro atoms. The Morgan fingerprint density at radius 2 is 2.36 bits per heavy atom. The van der Waals surface area contributed by atoms with Gasteiger partial charge in [-0.3, -0.25) is 9.20 Å². The van der Waals surface area contributed by atoms with Crippen LogP contribution in [0.3, 0.4) is 0 Å². The van der Waals surface area contributed by atoms with E-state index in [2.05, 4.69) is 9.97 Å². The summed E-state index contributed by atoms with van der Waals surface area (Å²) in [7, 11) is 1.53. The molecule has 72 valence electrons. The Kier molecular flexibility index (Phi) is 1.92. The predicted octanol–water partition coefficient (Wildman–Crippen LogP) is 0.859. The molecule has 2 heterocycles. The van der Waals surface area contributed by atoms with E-state index in [4.69, 9.17) is 4.74 Å². The largest absolute Gasteiger partial charge is 0.480 e. The summed E-state index contributed by atoms with van der Waals surface area (Å²) in [5.74, 6) is 0.456. The Morgan fingerprint density at radius 3 is 3.00 bits per heavy atom. The number of hydrogen-bond acceptors (Lipinski definition) is 4. The highest BCUT2D eigenvalue weighted by Crippen LogP contribution is 2.12. The van der Waals surface area contributed by atoms with E-state index in [1.807, 2.05) is 0 Å². The van der Waals surface area contributed by atoms with E-state index in [0.717, 1.165) is 6.29 Å². The minimum absolute atomic E-state index is 0.456. The summed E-state index contributed by atoms with van der Waals surface area (Å²) in [6.45, 7) is 1.78. The number of imidazole rings is 1. The second kappa shape index (κ2) is 3.10. The maximum absolute atomic E-state index is 10.8. The van der Waals surface area contributed by atoms with Gasteiger partial charge in [0.2, 0.25) is 5.88 Å². The number of aromatic nitrogens is 3. The molecule has 0 aromatic carbocycles. The standard InChI is InChI=1S/C9H9N3O2/c1-6-7(5-13)12-4-9(14-2)10-3-8(12)11-6/h3-5H,1-2H3. The lowest BCUT2D eigenvalue weighted by molar-refractivity contribution is 0.111. The maximum atomic E-state index is 10.8. The van der Waals surface area contributed by atoms with Crippen molar-refractivity contribution < 1.29 is 9.53 Å². The quantitative estimate of drug-likeness (QED) is 0.660. The minimum atomic E-state index is 0.456. The van der Waals surface area contributed by atoms with Crippen molar-refractivity contribution in [2.24, 2.45) is 0 Å². The molecule has 5 heteroatoms. The highest BCUT2D eigenvalue weighted by atomic mass is 16.5. The molecule has 0 saturated heterocycles.